The number of ether oxygens (including phenoxy) is 3. The predicted octanol–water partition coefficient (Wildman–Crippen LogP) is 13.9. The van der Waals surface area contributed by atoms with E-state index in [0.29, 0.717) is 65.7 Å². The van der Waals surface area contributed by atoms with E-state index in [1.165, 1.54) is 53.1 Å². The SMILES string of the molecule is C#CC(C)Oc1ccc2c(c1)C(CN(C)C(C)=O)C(C)C2C.CC(=O)C(C)Oc1ccc2c(c1)C(CN(C)C(C)=O)C(C)C2C.CC(=O)N(C)CC1c2cc(OCC(C)C)ccc2C(C)C1C.CCC(C)CC(C)C. The summed E-state index contributed by atoms with van der Waals surface area (Å²) in [6.07, 6.45) is 7.42. The highest BCUT2D eigenvalue weighted by molar-refractivity contribution is 5.80. The number of ketones is 1. The van der Waals surface area contributed by atoms with E-state index >= 15 is 0 Å². The first-order valence-corrected chi connectivity index (χ1v) is 28.0. The number of hydrogen-bond donors (Lipinski definition) is 0. The Morgan fingerprint density at radius 2 is 0.880 bits per heavy atom. The first kappa shape index (κ1) is 64.0. The molecule has 10 nitrogen and oxygen atoms in total. The van der Waals surface area contributed by atoms with Crippen LogP contribution >= 0.6 is 0 Å². The molecule has 416 valence electrons. The van der Waals surface area contributed by atoms with Gasteiger partial charge in [-0.2, -0.15) is 0 Å². The van der Waals surface area contributed by atoms with E-state index in [-0.39, 0.29) is 29.6 Å². The summed E-state index contributed by atoms with van der Waals surface area (Å²) in [5, 5.41) is 0. The average molecular weight is 1030 g/mol. The molecule has 6 rings (SSSR count). The van der Waals surface area contributed by atoms with Crippen molar-refractivity contribution in [3.8, 4) is 29.6 Å². The van der Waals surface area contributed by atoms with Crippen molar-refractivity contribution < 1.29 is 33.4 Å². The van der Waals surface area contributed by atoms with Crippen molar-refractivity contribution in [2.45, 2.75) is 185 Å². The molecule has 0 saturated heterocycles. The summed E-state index contributed by atoms with van der Waals surface area (Å²) in [6.45, 7) is 40.0. The van der Waals surface area contributed by atoms with Gasteiger partial charge in [-0.25, -0.2) is 0 Å². The fraction of sp³-hybridized carbons (Fsp3) is 0.631. The second-order valence-electron chi connectivity index (χ2n) is 23.5. The molecule has 10 heteroatoms. The molecule has 3 aromatic carbocycles. The molecule has 0 aromatic heterocycles. The van der Waals surface area contributed by atoms with Gasteiger partial charge in [0.2, 0.25) is 17.7 Å². The lowest BCUT2D eigenvalue weighted by Gasteiger charge is -2.25. The van der Waals surface area contributed by atoms with Crippen molar-refractivity contribution in [2.75, 3.05) is 47.4 Å². The Morgan fingerprint density at radius 3 is 1.17 bits per heavy atom. The third kappa shape index (κ3) is 17.9. The van der Waals surface area contributed by atoms with E-state index in [9.17, 15) is 19.2 Å². The molecule has 12 unspecified atom stereocenters. The first-order chi connectivity index (χ1) is 35.0. The second-order valence-corrected chi connectivity index (χ2v) is 23.5. The van der Waals surface area contributed by atoms with Gasteiger partial charge in [-0.15, -0.1) is 6.42 Å². The number of likely N-dealkylation sites (N-methyl/N-ethyl adjacent to an activating group) is 3. The molecule has 0 heterocycles. The minimum atomic E-state index is -0.442. The molecule has 0 saturated carbocycles. The molecule has 0 aliphatic heterocycles. The van der Waals surface area contributed by atoms with E-state index in [1.54, 1.807) is 37.5 Å². The molecule has 0 radical (unpaired) electrons. The highest BCUT2D eigenvalue weighted by atomic mass is 16.5. The summed E-state index contributed by atoms with van der Waals surface area (Å²) in [6, 6.07) is 18.8. The molecule has 12 atom stereocenters. The van der Waals surface area contributed by atoms with Crippen molar-refractivity contribution in [2.24, 2.45) is 35.5 Å². The fourth-order valence-corrected chi connectivity index (χ4v) is 10.7. The van der Waals surface area contributed by atoms with Crippen molar-refractivity contribution in [3.05, 3.63) is 88.0 Å². The van der Waals surface area contributed by atoms with Crippen molar-refractivity contribution in [1.82, 2.24) is 14.7 Å². The number of carbonyl (C=O) groups is 4. The second kappa shape index (κ2) is 29.3. The molecule has 3 aliphatic carbocycles. The van der Waals surface area contributed by atoms with Crippen LogP contribution in [0.25, 0.3) is 0 Å². The van der Waals surface area contributed by atoms with Crippen molar-refractivity contribution in [1.29, 1.82) is 0 Å². The van der Waals surface area contributed by atoms with E-state index in [0.717, 1.165) is 48.8 Å². The maximum atomic E-state index is 11.6. The van der Waals surface area contributed by atoms with E-state index in [2.05, 4.69) is 125 Å². The molecule has 0 N–H and O–H groups in total. The number of Topliss-reactive ketones (excluding diaryl/α,β-unsaturated/α-hetero) is 1. The monoisotopic (exact) mass is 1030 g/mol. The van der Waals surface area contributed by atoms with Gasteiger partial charge < -0.3 is 28.9 Å². The van der Waals surface area contributed by atoms with Crippen LogP contribution in [0.4, 0.5) is 0 Å². The molecule has 0 fully saturated rings. The van der Waals surface area contributed by atoms with Crippen LogP contribution in [0.3, 0.4) is 0 Å². The highest BCUT2D eigenvalue weighted by Crippen LogP contribution is 2.50. The lowest BCUT2D eigenvalue weighted by Crippen LogP contribution is -2.30. The Morgan fingerprint density at radius 1 is 0.533 bits per heavy atom. The average Bonchev–Trinajstić information content (AvgIpc) is 3.83. The van der Waals surface area contributed by atoms with E-state index in [4.69, 9.17) is 20.6 Å². The van der Waals surface area contributed by atoms with Gasteiger partial charge in [0.15, 0.2) is 18.0 Å². The van der Waals surface area contributed by atoms with Gasteiger partial charge in [-0.3, -0.25) is 19.2 Å². The lowest BCUT2D eigenvalue weighted by atomic mass is 9.89. The number of carbonyl (C=O) groups excluding carboxylic acids is 4. The molecule has 3 aromatic rings. The summed E-state index contributed by atoms with van der Waals surface area (Å²) in [4.78, 5) is 51.5. The van der Waals surface area contributed by atoms with Gasteiger partial charge >= 0.3 is 0 Å². The summed E-state index contributed by atoms with van der Waals surface area (Å²) in [5.74, 6) is 11.7. The predicted molar refractivity (Wildman–Crippen MR) is 309 cm³/mol. The van der Waals surface area contributed by atoms with Crippen LogP contribution in [0.15, 0.2) is 54.6 Å². The summed E-state index contributed by atoms with van der Waals surface area (Å²) in [5.41, 5.74) is 7.97. The third-order valence-electron chi connectivity index (χ3n) is 16.7. The Kier molecular flexibility index (Phi) is 25.0. The summed E-state index contributed by atoms with van der Waals surface area (Å²) in [7, 11) is 5.59. The smallest absolute Gasteiger partial charge is 0.219 e. The number of fused-ring (bicyclic) bond motifs is 3. The van der Waals surface area contributed by atoms with Crippen LogP contribution in [0, 0.1) is 47.9 Å². The van der Waals surface area contributed by atoms with E-state index < -0.39 is 6.10 Å². The minimum absolute atomic E-state index is 0.0140. The van der Waals surface area contributed by atoms with Gasteiger partial charge in [-0.1, -0.05) is 114 Å². The molecule has 3 aliphatic rings. The zero-order valence-corrected chi connectivity index (χ0v) is 50.3. The number of amides is 3. The maximum absolute atomic E-state index is 11.6. The molecular formula is C65H99N3O7. The summed E-state index contributed by atoms with van der Waals surface area (Å²) < 4.78 is 17.4. The number of rotatable bonds is 17. The Hall–Kier alpha value is -5.30. The Bertz CT molecular complexity index is 2390. The molecule has 0 spiro atoms. The van der Waals surface area contributed by atoms with Crippen molar-refractivity contribution >= 4 is 23.5 Å². The lowest BCUT2D eigenvalue weighted by molar-refractivity contribution is -0.128. The van der Waals surface area contributed by atoms with E-state index in [1.807, 2.05) is 51.2 Å². The Labute approximate surface area is 455 Å². The highest BCUT2D eigenvalue weighted by Gasteiger charge is 2.39. The third-order valence-corrected chi connectivity index (χ3v) is 16.7. The first-order valence-electron chi connectivity index (χ1n) is 28.0. The van der Waals surface area contributed by atoms with Crippen LogP contribution < -0.4 is 14.2 Å². The number of benzene rings is 3. The topological polar surface area (TPSA) is 106 Å². The largest absolute Gasteiger partial charge is 0.493 e. The Balaban J connectivity index is 0.000000276. The molecule has 3 amide bonds. The zero-order valence-electron chi connectivity index (χ0n) is 50.3. The molecule has 75 heavy (non-hydrogen) atoms. The van der Waals surface area contributed by atoms with Crippen LogP contribution in [0.5, 0.6) is 17.2 Å². The van der Waals surface area contributed by atoms with Crippen molar-refractivity contribution in [3.63, 3.8) is 0 Å². The van der Waals surface area contributed by atoms with Gasteiger partial charge in [0.05, 0.1) is 6.61 Å². The van der Waals surface area contributed by atoms with Gasteiger partial charge in [-0.05, 0) is 150 Å². The van der Waals surface area contributed by atoms with Crippen LogP contribution in [-0.4, -0.2) is 97.8 Å². The number of hydrogen-bond acceptors (Lipinski definition) is 7. The van der Waals surface area contributed by atoms with Gasteiger partial charge in [0.1, 0.15) is 17.2 Å². The minimum Gasteiger partial charge on any atom is -0.493 e. The number of terminal acetylenes is 1. The quantitative estimate of drug-likeness (QED) is 0.124. The van der Waals surface area contributed by atoms with Gasteiger partial charge in [0, 0.05) is 79.3 Å². The van der Waals surface area contributed by atoms with Gasteiger partial charge in [0.25, 0.3) is 0 Å². The summed E-state index contributed by atoms with van der Waals surface area (Å²) >= 11 is 0. The van der Waals surface area contributed by atoms with Crippen LogP contribution in [-0.2, 0) is 19.2 Å². The normalized spacial score (nSPS) is 22.9. The standard InChI is InChI=1S/C19H27NO3.C19H29NO2.C19H25NO2.C8H18/c1-11-12(2)19(10-20(6)15(5)22)18-9-16(7-8-17(11)18)23-14(4)13(3)21;1-12(2)11-22-16-7-8-17-13(3)14(4)19(18(17)9-16)10-20(6)15(5)21;1-7-12(2)22-16-8-9-17-13(3)14(4)19(18(17)10-16)11-20(6)15(5)21;1-5-8(4)6-7(2)3/h7-9,11-12,14,19H,10H2,1-6H3;7-9,12-14,19H,10-11H2,1-6H3;1,8-10,12-14,19H,11H2,2-6H3;7-8H,5-6H2,1-4H3. The fourth-order valence-electron chi connectivity index (χ4n) is 10.7. The van der Waals surface area contributed by atoms with Crippen LogP contribution in [0.2, 0.25) is 0 Å². The molecular weight excluding hydrogens is 935 g/mol. The number of nitrogens with zero attached hydrogens (tertiary/aromatic N) is 3. The maximum Gasteiger partial charge on any atom is 0.219 e. The van der Waals surface area contributed by atoms with Crippen LogP contribution in [0.1, 0.15) is 206 Å². The molecule has 0 bridgehead atoms. The zero-order chi connectivity index (χ0) is 56.8.